The number of benzene rings is 2. The van der Waals surface area contributed by atoms with E-state index in [1.165, 1.54) is 5.56 Å². The first kappa shape index (κ1) is 13.7. The highest BCUT2D eigenvalue weighted by Crippen LogP contribution is 2.33. The van der Waals surface area contributed by atoms with Crippen LogP contribution in [-0.4, -0.2) is 14.2 Å². The van der Waals surface area contributed by atoms with Crippen LogP contribution in [0.5, 0.6) is 5.75 Å². The Bertz CT molecular complexity index is 728. The normalized spacial score (nSPS) is 12.5. The summed E-state index contributed by atoms with van der Waals surface area (Å²) >= 11 is 0. The maximum Gasteiger partial charge on any atom is 0.134 e. The Hall–Kier alpha value is -2.26. The van der Waals surface area contributed by atoms with Crippen molar-refractivity contribution in [3.63, 3.8) is 0 Å². The molecule has 0 bridgehead atoms. The van der Waals surface area contributed by atoms with Gasteiger partial charge in [0, 0.05) is 10.9 Å². The first-order valence-electron chi connectivity index (χ1n) is 7.03. The van der Waals surface area contributed by atoms with E-state index < -0.39 is 0 Å². The van der Waals surface area contributed by atoms with E-state index in [0.29, 0.717) is 0 Å². The summed E-state index contributed by atoms with van der Waals surface area (Å²) < 4.78 is 11.5. The van der Waals surface area contributed by atoms with E-state index in [1.807, 2.05) is 37.4 Å². The highest BCUT2D eigenvalue weighted by atomic mass is 16.5. The molecule has 0 spiro atoms. The minimum Gasteiger partial charge on any atom is -0.496 e. The van der Waals surface area contributed by atoms with Crippen LogP contribution >= 0.6 is 0 Å². The summed E-state index contributed by atoms with van der Waals surface area (Å²) in [6.07, 6.45) is 0. The molecule has 0 saturated heterocycles. The number of hydrogen-bond acceptors (Lipinski definition) is 3. The first-order chi connectivity index (χ1) is 10.2. The minimum absolute atomic E-state index is 0.0350. The summed E-state index contributed by atoms with van der Waals surface area (Å²) in [6, 6.07) is 16.3. The zero-order valence-electron chi connectivity index (χ0n) is 12.5. The molecule has 1 unspecified atom stereocenters. The van der Waals surface area contributed by atoms with Gasteiger partial charge in [0.2, 0.25) is 0 Å². The van der Waals surface area contributed by atoms with Crippen LogP contribution in [0.3, 0.4) is 0 Å². The summed E-state index contributed by atoms with van der Waals surface area (Å²) in [5, 5.41) is 4.43. The van der Waals surface area contributed by atoms with Crippen molar-refractivity contribution >= 4 is 11.0 Å². The number of furan rings is 1. The number of ether oxygens (including phenoxy) is 1. The molecule has 0 amide bonds. The average molecular weight is 281 g/mol. The standard InChI is InChI=1S/C18H19NO2/c1-12-8-9-16(20-3)14(10-12)18(19-2)17-11-13-6-4-5-7-15(13)21-17/h4-11,18-19H,1-3H3. The third-order valence-electron chi connectivity index (χ3n) is 3.71. The van der Waals surface area contributed by atoms with E-state index in [-0.39, 0.29) is 6.04 Å². The molecule has 0 aliphatic carbocycles. The van der Waals surface area contributed by atoms with Gasteiger partial charge in [-0.3, -0.25) is 0 Å². The third-order valence-corrected chi connectivity index (χ3v) is 3.71. The molecule has 3 heteroatoms. The molecule has 21 heavy (non-hydrogen) atoms. The van der Waals surface area contributed by atoms with Crippen molar-refractivity contribution in [3.05, 3.63) is 65.4 Å². The van der Waals surface area contributed by atoms with Crippen molar-refractivity contribution in [1.82, 2.24) is 5.32 Å². The molecule has 1 atom stereocenters. The fraction of sp³-hybridized carbons (Fsp3) is 0.222. The van der Waals surface area contributed by atoms with Crippen LogP contribution in [0, 0.1) is 6.92 Å². The van der Waals surface area contributed by atoms with Crippen LogP contribution in [0.2, 0.25) is 0 Å². The van der Waals surface area contributed by atoms with Gasteiger partial charge in [0.05, 0.1) is 13.2 Å². The molecular formula is C18H19NO2. The Balaban J connectivity index is 2.11. The maximum absolute atomic E-state index is 6.00. The fourth-order valence-electron chi connectivity index (χ4n) is 2.68. The molecule has 3 nitrogen and oxygen atoms in total. The summed E-state index contributed by atoms with van der Waals surface area (Å²) in [7, 11) is 3.62. The smallest absolute Gasteiger partial charge is 0.134 e. The molecule has 0 saturated carbocycles. The fourth-order valence-corrected chi connectivity index (χ4v) is 2.68. The van der Waals surface area contributed by atoms with Crippen molar-refractivity contribution in [2.24, 2.45) is 0 Å². The van der Waals surface area contributed by atoms with Crippen LogP contribution in [0.25, 0.3) is 11.0 Å². The second-order valence-corrected chi connectivity index (χ2v) is 5.15. The quantitative estimate of drug-likeness (QED) is 0.783. The van der Waals surface area contributed by atoms with Gasteiger partial charge in [-0.15, -0.1) is 0 Å². The summed E-state index contributed by atoms with van der Waals surface area (Å²) in [6.45, 7) is 2.08. The van der Waals surface area contributed by atoms with Gasteiger partial charge in [-0.2, -0.15) is 0 Å². The lowest BCUT2D eigenvalue weighted by molar-refractivity contribution is 0.399. The van der Waals surface area contributed by atoms with Gasteiger partial charge < -0.3 is 14.5 Å². The van der Waals surface area contributed by atoms with E-state index in [9.17, 15) is 0 Å². The van der Waals surface area contributed by atoms with Gasteiger partial charge in [-0.05, 0) is 32.2 Å². The molecule has 0 aliphatic rings. The Kier molecular flexibility index (Phi) is 3.67. The van der Waals surface area contributed by atoms with Crippen LogP contribution in [-0.2, 0) is 0 Å². The summed E-state index contributed by atoms with van der Waals surface area (Å²) in [4.78, 5) is 0. The van der Waals surface area contributed by atoms with Gasteiger partial charge in [0.15, 0.2) is 0 Å². The second-order valence-electron chi connectivity index (χ2n) is 5.15. The van der Waals surface area contributed by atoms with Gasteiger partial charge in [0.1, 0.15) is 17.1 Å². The van der Waals surface area contributed by atoms with Gasteiger partial charge in [-0.1, -0.05) is 35.9 Å². The van der Waals surface area contributed by atoms with Crippen LogP contribution in [0.1, 0.15) is 22.9 Å². The number of para-hydroxylation sites is 1. The zero-order valence-corrected chi connectivity index (χ0v) is 12.5. The zero-order chi connectivity index (χ0) is 14.8. The maximum atomic E-state index is 6.00. The lowest BCUT2D eigenvalue weighted by Crippen LogP contribution is -2.18. The number of rotatable bonds is 4. The number of hydrogen-bond donors (Lipinski definition) is 1. The molecule has 1 N–H and O–H groups in total. The van der Waals surface area contributed by atoms with Crippen molar-refractivity contribution < 1.29 is 9.15 Å². The van der Waals surface area contributed by atoms with Crippen molar-refractivity contribution in [2.45, 2.75) is 13.0 Å². The van der Waals surface area contributed by atoms with Crippen LogP contribution < -0.4 is 10.1 Å². The number of methoxy groups -OCH3 is 1. The van der Waals surface area contributed by atoms with E-state index in [4.69, 9.17) is 9.15 Å². The highest BCUT2D eigenvalue weighted by Gasteiger charge is 2.20. The molecule has 0 fully saturated rings. The number of nitrogens with one attached hydrogen (secondary N) is 1. The lowest BCUT2D eigenvalue weighted by Gasteiger charge is -2.18. The molecule has 0 radical (unpaired) electrons. The average Bonchev–Trinajstić information content (AvgIpc) is 2.92. The van der Waals surface area contributed by atoms with E-state index in [1.54, 1.807) is 7.11 Å². The van der Waals surface area contributed by atoms with Gasteiger partial charge in [-0.25, -0.2) is 0 Å². The van der Waals surface area contributed by atoms with Gasteiger partial charge in [0.25, 0.3) is 0 Å². The Morgan fingerprint density at radius 1 is 1.10 bits per heavy atom. The molecule has 2 aromatic carbocycles. The predicted octanol–water partition coefficient (Wildman–Crippen LogP) is 4.06. The monoisotopic (exact) mass is 281 g/mol. The third kappa shape index (κ3) is 2.52. The summed E-state index contributed by atoms with van der Waals surface area (Å²) in [5.74, 6) is 1.75. The first-order valence-corrected chi connectivity index (χ1v) is 7.03. The molecule has 3 rings (SSSR count). The molecular weight excluding hydrogens is 262 g/mol. The van der Waals surface area contributed by atoms with Crippen LogP contribution in [0.15, 0.2) is 52.9 Å². The number of aryl methyl sites for hydroxylation is 1. The molecule has 1 heterocycles. The minimum atomic E-state index is -0.0350. The Morgan fingerprint density at radius 2 is 1.90 bits per heavy atom. The predicted molar refractivity (Wildman–Crippen MR) is 84.8 cm³/mol. The van der Waals surface area contributed by atoms with Gasteiger partial charge >= 0.3 is 0 Å². The Labute approximate surface area is 124 Å². The molecule has 3 aromatic rings. The van der Waals surface area contributed by atoms with E-state index >= 15 is 0 Å². The summed E-state index contributed by atoms with van der Waals surface area (Å²) in [5.41, 5.74) is 3.18. The van der Waals surface area contributed by atoms with Crippen LogP contribution in [0.4, 0.5) is 0 Å². The molecule has 108 valence electrons. The van der Waals surface area contributed by atoms with Crippen molar-refractivity contribution in [2.75, 3.05) is 14.2 Å². The largest absolute Gasteiger partial charge is 0.496 e. The topological polar surface area (TPSA) is 34.4 Å². The number of fused-ring (bicyclic) bond motifs is 1. The molecule has 1 aromatic heterocycles. The Morgan fingerprint density at radius 3 is 2.62 bits per heavy atom. The second kappa shape index (κ2) is 5.62. The van der Waals surface area contributed by atoms with E-state index in [2.05, 4.69) is 30.4 Å². The van der Waals surface area contributed by atoms with Crippen molar-refractivity contribution in [1.29, 1.82) is 0 Å². The highest BCUT2D eigenvalue weighted by molar-refractivity contribution is 5.78. The van der Waals surface area contributed by atoms with Crippen molar-refractivity contribution in [3.8, 4) is 5.75 Å². The van der Waals surface area contributed by atoms with E-state index in [0.717, 1.165) is 28.0 Å². The SMILES string of the molecule is CNC(c1cc2ccccc2o1)c1cc(C)ccc1OC. The molecule has 0 aliphatic heterocycles. The lowest BCUT2D eigenvalue weighted by atomic mass is 10.0.